The topological polar surface area (TPSA) is 57.5 Å². The number of rotatable bonds is 3. The largest absolute Gasteiger partial charge is 0.508 e. The van der Waals surface area contributed by atoms with Gasteiger partial charge in [-0.1, -0.05) is 32.9 Å². The Morgan fingerprint density at radius 2 is 1.73 bits per heavy atom. The molecule has 1 atom stereocenters. The van der Waals surface area contributed by atoms with Gasteiger partial charge in [-0.25, -0.2) is 0 Å². The van der Waals surface area contributed by atoms with E-state index >= 15 is 0 Å². The molecule has 1 aromatic rings. The monoisotopic (exact) mass is 210 g/mol. The van der Waals surface area contributed by atoms with Gasteiger partial charge in [0.1, 0.15) is 5.75 Å². The zero-order chi connectivity index (χ0) is 11.8. The molecule has 0 bridgehead atoms. The van der Waals surface area contributed by atoms with E-state index < -0.39 is 5.97 Å². The molecule has 0 aliphatic carbocycles. The highest BCUT2D eigenvalue weighted by Crippen LogP contribution is 2.13. The first-order valence-corrected chi connectivity index (χ1v) is 5.10. The number of aromatic hydroxyl groups is 1. The van der Waals surface area contributed by atoms with Crippen molar-refractivity contribution in [1.82, 2.24) is 0 Å². The van der Waals surface area contributed by atoms with Crippen LogP contribution in [0.15, 0.2) is 24.3 Å². The summed E-state index contributed by atoms with van der Waals surface area (Å²) < 4.78 is 0. The maximum absolute atomic E-state index is 10.5. The number of hydrogen-bond donors (Lipinski definition) is 2. The molecule has 1 rings (SSSR count). The summed E-state index contributed by atoms with van der Waals surface area (Å²) in [6.45, 7) is 5.66. The molecule has 0 aliphatic rings. The van der Waals surface area contributed by atoms with Crippen LogP contribution >= 0.6 is 0 Å². The molecule has 0 amide bonds. The standard InChI is InChI=1S/C10H12O3.C2H6/c1-7(10(12)13)6-8-2-4-9(11)5-3-8;1-2/h2-5,7,11H,6H2,1H3,(H,12,13);1-2H3. The van der Waals surface area contributed by atoms with Crippen LogP contribution in [-0.2, 0) is 11.2 Å². The van der Waals surface area contributed by atoms with Gasteiger partial charge in [0.2, 0.25) is 0 Å². The van der Waals surface area contributed by atoms with E-state index in [2.05, 4.69) is 0 Å². The zero-order valence-electron chi connectivity index (χ0n) is 9.40. The molecule has 3 heteroatoms. The van der Waals surface area contributed by atoms with Crippen molar-refractivity contribution >= 4 is 5.97 Å². The highest BCUT2D eigenvalue weighted by molar-refractivity contribution is 5.69. The van der Waals surface area contributed by atoms with Crippen LogP contribution in [0.2, 0.25) is 0 Å². The maximum Gasteiger partial charge on any atom is 0.306 e. The van der Waals surface area contributed by atoms with E-state index in [1.807, 2.05) is 13.8 Å². The fourth-order valence-corrected chi connectivity index (χ4v) is 1.07. The third-order valence-corrected chi connectivity index (χ3v) is 1.90. The molecular weight excluding hydrogens is 192 g/mol. The molecule has 0 saturated heterocycles. The van der Waals surface area contributed by atoms with Crippen LogP contribution < -0.4 is 0 Å². The Morgan fingerprint density at radius 1 is 1.27 bits per heavy atom. The molecule has 0 heterocycles. The van der Waals surface area contributed by atoms with Crippen LogP contribution in [0.4, 0.5) is 0 Å². The molecule has 1 unspecified atom stereocenters. The summed E-state index contributed by atoms with van der Waals surface area (Å²) in [4.78, 5) is 10.5. The fourth-order valence-electron chi connectivity index (χ4n) is 1.07. The number of carboxylic acids is 1. The smallest absolute Gasteiger partial charge is 0.306 e. The van der Waals surface area contributed by atoms with Gasteiger partial charge in [-0.05, 0) is 24.1 Å². The molecule has 2 N–H and O–H groups in total. The second-order valence-electron chi connectivity index (χ2n) is 3.11. The summed E-state index contributed by atoms with van der Waals surface area (Å²) in [7, 11) is 0. The normalized spacial score (nSPS) is 11.1. The van der Waals surface area contributed by atoms with Crippen molar-refractivity contribution in [3.63, 3.8) is 0 Å². The second-order valence-corrected chi connectivity index (χ2v) is 3.11. The number of phenols is 1. The third kappa shape index (κ3) is 5.05. The Labute approximate surface area is 90.4 Å². The van der Waals surface area contributed by atoms with E-state index in [9.17, 15) is 4.79 Å². The first kappa shape index (κ1) is 13.5. The molecule has 3 nitrogen and oxygen atoms in total. The summed E-state index contributed by atoms with van der Waals surface area (Å²) in [6.07, 6.45) is 0.496. The molecule has 0 fully saturated rings. The number of carbonyl (C=O) groups is 1. The molecule has 84 valence electrons. The number of carboxylic acid groups (broad SMARTS) is 1. The summed E-state index contributed by atoms with van der Waals surface area (Å²) in [6, 6.07) is 6.58. The van der Waals surface area contributed by atoms with Crippen LogP contribution in [0.1, 0.15) is 26.3 Å². The van der Waals surface area contributed by atoms with E-state index in [1.54, 1.807) is 31.2 Å². The Kier molecular flexibility index (Phi) is 6.18. The van der Waals surface area contributed by atoms with Gasteiger partial charge >= 0.3 is 5.97 Å². The SMILES string of the molecule is CC.CC(Cc1ccc(O)cc1)C(=O)O. The van der Waals surface area contributed by atoms with Gasteiger partial charge in [-0.15, -0.1) is 0 Å². The van der Waals surface area contributed by atoms with Crippen molar-refractivity contribution in [1.29, 1.82) is 0 Å². The molecule has 1 aromatic carbocycles. The van der Waals surface area contributed by atoms with E-state index in [4.69, 9.17) is 10.2 Å². The lowest BCUT2D eigenvalue weighted by atomic mass is 10.0. The molecule has 15 heavy (non-hydrogen) atoms. The lowest BCUT2D eigenvalue weighted by Gasteiger charge is -2.05. The summed E-state index contributed by atoms with van der Waals surface area (Å²) in [5, 5.41) is 17.6. The van der Waals surface area contributed by atoms with Crippen molar-refractivity contribution in [2.75, 3.05) is 0 Å². The first-order valence-electron chi connectivity index (χ1n) is 5.10. The lowest BCUT2D eigenvalue weighted by Crippen LogP contribution is -2.11. The van der Waals surface area contributed by atoms with E-state index in [0.29, 0.717) is 6.42 Å². The minimum absolute atomic E-state index is 0.201. The Bertz CT molecular complexity index is 290. The molecule has 0 aliphatic heterocycles. The van der Waals surface area contributed by atoms with Gasteiger partial charge in [0, 0.05) is 0 Å². The second kappa shape index (κ2) is 6.87. The van der Waals surface area contributed by atoms with Gasteiger partial charge in [-0.2, -0.15) is 0 Å². The quantitative estimate of drug-likeness (QED) is 0.806. The molecular formula is C12H18O3. The Hall–Kier alpha value is -1.51. The first-order chi connectivity index (χ1) is 7.09. The van der Waals surface area contributed by atoms with E-state index in [0.717, 1.165) is 5.56 Å². The van der Waals surface area contributed by atoms with Gasteiger partial charge < -0.3 is 10.2 Å². The summed E-state index contributed by atoms with van der Waals surface area (Å²) >= 11 is 0. The maximum atomic E-state index is 10.5. The van der Waals surface area contributed by atoms with Crippen molar-refractivity contribution in [3.8, 4) is 5.75 Å². The van der Waals surface area contributed by atoms with Crippen LogP contribution in [0.3, 0.4) is 0 Å². The fraction of sp³-hybridized carbons (Fsp3) is 0.417. The van der Waals surface area contributed by atoms with Gasteiger partial charge in [0.05, 0.1) is 5.92 Å². The predicted octanol–water partition coefficient (Wildman–Crippen LogP) is 2.68. The van der Waals surface area contributed by atoms with Crippen molar-refractivity contribution in [3.05, 3.63) is 29.8 Å². The molecule has 0 aromatic heterocycles. The highest BCUT2D eigenvalue weighted by atomic mass is 16.4. The minimum atomic E-state index is -0.798. The van der Waals surface area contributed by atoms with Crippen LogP contribution in [-0.4, -0.2) is 16.2 Å². The Morgan fingerprint density at radius 3 is 2.13 bits per heavy atom. The van der Waals surface area contributed by atoms with Crippen LogP contribution in [0, 0.1) is 5.92 Å². The van der Waals surface area contributed by atoms with E-state index in [-0.39, 0.29) is 11.7 Å². The van der Waals surface area contributed by atoms with Gasteiger partial charge in [0.25, 0.3) is 0 Å². The minimum Gasteiger partial charge on any atom is -0.508 e. The number of phenolic OH excluding ortho intramolecular Hbond substituents is 1. The number of aliphatic carboxylic acids is 1. The average molecular weight is 210 g/mol. The molecule has 0 spiro atoms. The number of hydrogen-bond acceptors (Lipinski definition) is 2. The van der Waals surface area contributed by atoms with Gasteiger partial charge in [0.15, 0.2) is 0 Å². The number of benzene rings is 1. The van der Waals surface area contributed by atoms with Crippen molar-refractivity contribution in [2.24, 2.45) is 5.92 Å². The van der Waals surface area contributed by atoms with Crippen LogP contribution in [0.25, 0.3) is 0 Å². The lowest BCUT2D eigenvalue weighted by molar-refractivity contribution is -0.141. The van der Waals surface area contributed by atoms with Crippen LogP contribution in [0.5, 0.6) is 5.75 Å². The van der Waals surface area contributed by atoms with Gasteiger partial charge in [-0.3, -0.25) is 4.79 Å². The van der Waals surface area contributed by atoms with Crippen molar-refractivity contribution in [2.45, 2.75) is 27.2 Å². The zero-order valence-corrected chi connectivity index (χ0v) is 9.40. The third-order valence-electron chi connectivity index (χ3n) is 1.90. The summed E-state index contributed by atoms with van der Waals surface area (Å²) in [5.41, 5.74) is 0.924. The molecule has 0 saturated carbocycles. The van der Waals surface area contributed by atoms with Crippen molar-refractivity contribution < 1.29 is 15.0 Å². The summed E-state index contributed by atoms with van der Waals surface area (Å²) in [5.74, 6) is -0.982. The Balaban J connectivity index is 0.000000921. The van der Waals surface area contributed by atoms with E-state index in [1.165, 1.54) is 0 Å². The predicted molar refractivity (Wildman–Crippen MR) is 60.0 cm³/mol. The molecule has 0 radical (unpaired) electrons. The average Bonchev–Trinajstić information content (AvgIpc) is 2.24. The highest BCUT2D eigenvalue weighted by Gasteiger charge is 2.10.